The van der Waals surface area contributed by atoms with E-state index in [0.29, 0.717) is 10.0 Å². The van der Waals surface area contributed by atoms with Gasteiger partial charge in [0.15, 0.2) is 0 Å². The fraction of sp³-hybridized carbons (Fsp3) is 0.308. The Morgan fingerprint density at radius 2 is 2.10 bits per heavy atom. The summed E-state index contributed by atoms with van der Waals surface area (Å²) in [4.78, 5) is 36.9. The number of nitrogens with one attached hydrogen (secondary N) is 1. The molecular formula is C13H13BrN2O4. The van der Waals surface area contributed by atoms with Crippen LogP contribution in [0.25, 0.3) is 0 Å². The first-order valence-electron chi connectivity index (χ1n) is 5.94. The lowest BCUT2D eigenvalue weighted by molar-refractivity contribution is -0.147. The Kier molecular flexibility index (Phi) is 4.39. The number of nitrogens with zero attached hydrogens (tertiary/aromatic N) is 1. The summed E-state index contributed by atoms with van der Waals surface area (Å²) in [6.45, 7) is -0.109. The molecule has 0 bridgehead atoms. The van der Waals surface area contributed by atoms with E-state index in [-0.39, 0.29) is 24.9 Å². The lowest BCUT2D eigenvalue weighted by atomic mass is 10.1. The van der Waals surface area contributed by atoms with Crippen molar-refractivity contribution in [3.63, 3.8) is 0 Å². The highest BCUT2D eigenvalue weighted by Crippen LogP contribution is 2.20. The number of rotatable bonds is 2. The van der Waals surface area contributed by atoms with E-state index in [9.17, 15) is 14.4 Å². The third-order valence-electron chi connectivity index (χ3n) is 3.02. The number of hydrogen-bond acceptors (Lipinski definition) is 4. The fourth-order valence-electron chi connectivity index (χ4n) is 1.99. The van der Waals surface area contributed by atoms with Gasteiger partial charge in [0.25, 0.3) is 5.91 Å². The molecule has 106 valence electrons. The molecule has 1 saturated heterocycles. The SMILES string of the molecule is COC(=O)[C@H]1CNC(=O)CN1C(=O)c1ccccc1Br. The molecule has 1 fully saturated rings. The van der Waals surface area contributed by atoms with E-state index < -0.39 is 12.0 Å². The van der Waals surface area contributed by atoms with E-state index in [1.807, 2.05) is 0 Å². The first-order valence-corrected chi connectivity index (χ1v) is 6.74. The molecule has 6 nitrogen and oxygen atoms in total. The molecular weight excluding hydrogens is 328 g/mol. The van der Waals surface area contributed by atoms with Crippen LogP contribution in [0.1, 0.15) is 10.4 Å². The van der Waals surface area contributed by atoms with Crippen molar-refractivity contribution in [3.05, 3.63) is 34.3 Å². The van der Waals surface area contributed by atoms with E-state index in [1.165, 1.54) is 12.0 Å². The smallest absolute Gasteiger partial charge is 0.330 e. The maximum atomic E-state index is 12.5. The minimum atomic E-state index is -0.808. The van der Waals surface area contributed by atoms with Crippen molar-refractivity contribution < 1.29 is 19.1 Å². The van der Waals surface area contributed by atoms with Crippen LogP contribution in [0.2, 0.25) is 0 Å². The summed E-state index contributed by atoms with van der Waals surface area (Å²) in [5, 5.41) is 2.55. The van der Waals surface area contributed by atoms with Crippen molar-refractivity contribution in [1.29, 1.82) is 0 Å². The molecule has 0 saturated carbocycles. The summed E-state index contributed by atoms with van der Waals surface area (Å²) in [7, 11) is 1.25. The van der Waals surface area contributed by atoms with E-state index in [4.69, 9.17) is 0 Å². The molecule has 20 heavy (non-hydrogen) atoms. The molecule has 0 unspecified atom stereocenters. The molecule has 1 N–H and O–H groups in total. The molecule has 1 aliphatic heterocycles. The summed E-state index contributed by atoms with van der Waals surface area (Å²) in [6, 6.07) is 6.05. The van der Waals surface area contributed by atoms with Crippen molar-refractivity contribution in [2.24, 2.45) is 0 Å². The number of piperazine rings is 1. The molecule has 0 spiro atoms. The number of carbonyl (C=O) groups excluding carboxylic acids is 3. The zero-order valence-corrected chi connectivity index (χ0v) is 12.3. The molecule has 0 aliphatic carbocycles. The summed E-state index contributed by atoms with van der Waals surface area (Å²) >= 11 is 3.29. The van der Waals surface area contributed by atoms with Gasteiger partial charge in [0, 0.05) is 11.0 Å². The minimum Gasteiger partial charge on any atom is -0.467 e. The normalized spacial score (nSPS) is 18.4. The monoisotopic (exact) mass is 340 g/mol. The second-order valence-corrected chi connectivity index (χ2v) is 5.11. The van der Waals surface area contributed by atoms with Gasteiger partial charge in [-0.2, -0.15) is 0 Å². The maximum Gasteiger partial charge on any atom is 0.330 e. The Hall–Kier alpha value is -1.89. The van der Waals surface area contributed by atoms with Crippen molar-refractivity contribution in [3.8, 4) is 0 Å². The molecule has 1 atom stereocenters. The topological polar surface area (TPSA) is 75.7 Å². The summed E-state index contributed by atoms with van der Waals surface area (Å²) in [5.41, 5.74) is 0.399. The van der Waals surface area contributed by atoms with Gasteiger partial charge in [0.2, 0.25) is 5.91 Å². The number of hydrogen-bond donors (Lipinski definition) is 1. The van der Waals surface area contributed by atoms with Gasteiger partial charge in [-0.3, -0.25) is 9.59 Å². The summed E-state index contributed by atoms with van der Waals surface area (Å²) in [5.74, 6) is -1.24. The van der Waals surface area contributed by atoms with Crippen LogP contribution in [0.3, 0.4) is 0 Å². The molecule has 2 amide bonds. The molecule has 0 aromatic heterocycles. The van der Waals surface area contributed by atoms with Crippen LogP contribution in [-0.2, 0) is 14.3 Å². The summed E-state index contributed by atoms with van der Waals surface area (Å²) < 4.78 is 5.29. The third-order valence-corrected chi connectivity index (χ3v) is 3.71. The third kappa shape index (κ3) is 2.82. The Morgan fingerprint density at radius 1 is 1.40 bits per heavy atom. The maximum absolute atomic E-state index is 12.5. The van der Waals surface area contributed by atoms with E-state index >= 15 is 0 Å². The second kappa shape index (κ2) is 6.04. The average molecular weight is 341 g/mol. The van der Waals surface area contributed by atoms with Gasteiger partial charge in [-0.1, -0.05) is 12.1 Å². The second-order valence-electron chi connectivity index (χ2n) is 4.26. The van der Waals surface area contributed by atoms with Gasteiger partial charge in [-0.25, -0.2) is 4.79 Å². The lowest BCUT2D eigenvalue weighted by Crippen LogP contribution is -2.59. The first kappa shape index (κ1) is 14.5. The van der Waals surface area contributed by atoms with Crippen LogP contribution in [0.5, 0.6) is 0 Å². The average Bonchev–Trinajstić information content (AvgIpc) is 2.46. The lowest BCUT2D eigenvalue weighted by Gasteiger charge is -2.33. The highest BCUT2D eigenvalue weighted by Gasteiger charge is 2.36. The Balaban J connectivity index is 2.31. The van der Waals surface area contributed by atoms with Gasteiger partial charge in [-0.05, 0) is 28.1 Å². The molecule has 2 rings (SSSR count). The van der Waals surface area contributed by atoms with Crippen molar-refractivity contribution in [2.45, 2.75) is 6.04 Å². The zero-order chi connectivity index (χ0) is 14.7. The number of ether oxygens (including phenoxy) is 1. The highest BCUT2D eigenvalue weighted by molar-refractivity contribution is 9.10. The fourth-order valence-corrected chi connectivity index (χ4v) is 2.45. The standard InChI is InChI=1S/C13H13BrN2O4/c1-20-13(19)10-6-15-11(17)7-16(10)12(18)8-4-2-3-5-9(8)14/h2-5,10H,6-7H2,1H3,(H,15,17)/t10-/m1/s1. The zero-order valence-electron chi connectivity index (χ0n) is 10.8. The van der Waals surface area contributed by atoms with Crippen LogP contribution in [0.15, 0.2) is 28.7 Å². The Labute approximate surface area is 124 Å². The van der Waals surface area contributed by atoms with Gasteiger partial charge >= 0.3 is 5.97 Å². The van der Waals surface area contributed by atoms with Crippen molar-refractivity contribution >= 4 is 33.7 Å². The van der Waals surface area contributed by atoms with E-state index in [0.717, 1.165) is 0 Å². The minimum absolute atomic E-state index is 0.0572. The van der Waals surface area contributed by atoms with Gasteiger partial charge in [0.05, 0.1) is 12.7 Å². The number of carbonyl (C=O) groups is 3. The number of esters is 1. The Morgan fingerprint density at radius 3 is 2.75 bits per heavy atom. The predicted octanol–water partition coefficient (Wildman–Crippen LogP) is 0.563. The van der Waals surface area contributed by atoms with Crippen LogP contribution in [0.4, 0.5) is 0 Å². The van der Waals surface area contributed by atoms with Crippen molar-refractivity contribution in [1.82, 2.24) is 10.2 Å². The highest BCUT2D eigenvalue weighted by atomic mass is 79.9. The van der Waals surface area contributed by atoms with Gasteiger partial charge in [-0.15, -0.1) is 0 Å². The van der Waals surface area contributed by atoms with Crippen LogP contribution in [-0.4, -0.2) is 48.9 Å². The largest absolute Gasteiger partial charge is 0.467 e. The number of methoxy groups -OCH3 is 1. The molecule has 7 heteroatoms. The quantitative estimate of drug-likeness (QED) is 0.798. The summed E-state index contributed by atoms with van der Waals surface area (Å²) in [6.07, 6.45) is 0. The van der Waals surface area contributed by atoms with Crippen molar-refractivity contribution in [2.75, 3.05) is 20.2 Å². The molecule has 0 radical (unpaired) electrons. The number of benzene rings is 1. The first-order chi connectivity index (χ1) is 9.54. The van der Waals surface area contributed by atoms with E-state index in [1.54, 1.807) is 24.3 Å². The Bertz CT molecular complexity index is 561. The number of amides is 2. The van der Waals surface area contributed by atoms with E-state index in [2.05, 4.69) is 26.0 Å². The molecule has 1 aliphatic rings. The van der Waals surface area contributed by atoms with Crippen LogP contribution in [0, 0.1) is 0 Å². The van der Waals surface area contributed by atoms with Crippen LogP contribution >= 0.6 is 15.9 Å². The molecule has 1 heterocycles. The molecule has 1 aromatic carbocycles. The van der Waals surface area contributed by atoms with Crippen LogP contribution < -0.4 is 5.32 Å². The van der Waals surface area contributed by atoms with Gasteiger partial charge < -0.3 is 15.0 Å². The predicted molar refractivity (Wildman–Crippen MR) is 74.0 cm³/mol. The molecule has 1 aromatic rings. The van der Waals surface area contributed by atoms with Gasteiger partial charge in [0.1, 0.15) is 12.6 Å². The number of halogens is 1.